The number of nitrogens with one attached hydrogen (secondary N) is 2. The third kappa shape index (κ3) is 2.86. The summed E-state index contributed by atoms with van der Waals surface area (Å²) in [4.78, 5) is 26.1. The number of carboxylic acid groups (broad SMARTS) is 1. The van der Waals surface area contributed by atoms with Crippen LogP contribution in [-0.2, 0) is 4.79 Å². The standard InChI is InChI=1S/C15H25N3O3/c1-15(13(19)20,10-5-6-10)17-14(21)16-11-7-9-18-8-3-2-4-12(11)18/h10-12H,2-9H2,1H3,(H,19,20)(H2,16,17,21). The van der Waals surface area contributed by atoms with E-state index in [2.05, 4.69) is 15.5 Å². The van der Waals surface area contributed by atoms with E-state index in [4.69, 9.17) is 0 Å². The van der Waals surface area contributed by atoms with Crippen molar-refractivity contribution >= 4 is 12.0 Å². The van der Waals surface area contributed by atoms with Crippen LogP contribution < -0.4 is 10.6 Å². The normalized spacial score (nSPS) is 32.0. The van der Waals surface area contributed by atoms with Crippen LogP contribution in [0.5, 0.6) is 0 Å². The van der Waals surface area contributed by atoms with Gasteiger partial charge in [0, 0.05) is 18.6 Å². The van der Waals surface area contributed by atoms with Gasteiger partial charge in [0.1, 0.15) is 5.54 Å². The number of fused-ring (bicyclic) bond motifs is 1. The number of urea groups is 1. The van der Waals surface area contributed by atoms with Gasteiger partial charge in [0.15, 0.2) is 0 Å². The van der Waals surface area contributed by atoms with Crippen molar-refractivity contribution in [2.75, 3.05) is 13.1 Å². The Balaban J connectivity index is 1.57. The Morgan fingerprint density at radius 2 is 1.90 bits per heavy atom. The monoisotopic (exact) mass is 295 g/mol. The summed E-state index contributed by atoms with van der Waals surface area (Å²) in [5.74, 6) is -0.874. The average molecular weight is 295 g/mol. The van der Waals surface area contributed by atoms with Crippen molar-refractivity contribution in [2.45, 2.75) is 63.1 Å². The molecule has 6 nitrogen and oxygen atoms in total. The van der Waals surface area contributed by atoms with Crippen molar-refractivity contribution in [2.24, 2.45) is 5.92 Å². The molecule has 1 saturated carbocycles. The molecule has 0 bridgehead atoms. The van der Waals surface area contributed by atoms with Crippen LogP contribution in [0.2, 0.25) is 0 Å². The summed E-state index contributed by atoms with van der Waals surface area (Å²) in [5.41, 5.74) is -1.13. The van der Waals surface area contributed by atoms with E-state index < -0.39 is 11.5 Å². The van der Waals surface area contributed by atoms with Crippen molar-refractivity contribution in [1.82, 2.24) is 15.5 Å². The first-order valence-electron chi connectivity index (χ1n) is 8.07. The number of piperidine rings is 1. The van der Waals surface area contributed by atoms with Gasteiger partial charge in [-0.3, -0.25) is 4.90 Å². The first kappa shape index (κ1) is 14.6. The highest BCUT2D eigenvalue weighted by Gasteiger charge is 2.49. The van der Waals surface area contributed by atoms with Crippen LogP contribution >= 0.6 is 0 Å². The van der Waals surface area contributed by atoms with Gasteiger partial charge in [-0.1, -0.05) is 6.42 Å². The molecule has 21 heavy (non-hydrogen) atoms. The van der Waals surface area contributed by atoms with Crippen LogP contribution in [-0.4, -0.2) is 52.7 Å². The molecule has 3 atom stereocenters. The first-order valence-corrected chi connectivity index (χ1v) is 8.07. The second-order valence-electron chi connectivity index (χ2n) is 6.87. The quantitative estimate of drug-likeness (QED) is 0.727. The summed E-state index contributed by atoms with van der Waals surface area (Å²) in [7, 11) is 0. The van der Waals surface area contributed by atoms with Crippen LogP contribution in [0.1, 0.15) is 45.4 Å². The summed E-state index contributed by atoms with van der Waals surface area (Å²) in [6.07, 6.45) is 6.31. The number of nitrogens with zero attached hydrogens (tertiary/aromatic N) is 1. The molecule has 0 aromatic carbocycles. The molecule has 0 radical (unpaired) electrons. The predicted octanol–water partition coefficient (Wildman–Crippen LogP) is 1.17. The van der Waals surface area contributed by atoms with Crippen molar-refractivity contribution in [1.29, 1.82) is 0 Å². The molecular weight excluding hydrogens is 270 g/mol. The predicted molar refractivity (Wildman–Crippen MR) is 78.0 cm³/mol. The molecule has 118 valence electrons. The fourth-order valence-electron chi connectivity index (χ4n) is 3.85. The maximum atomic E-state index is 12.2. The fourth-order valence-corrected chi connectivity index (χ4v) is 3.85. The van der Waals surface area contributed by atoms with Gasteiger partial charge in [-0.2, -0.15) is 0 Å². The van der Waals surface area contributed by atoms with Crippen LogP contribution in [0.15, 0.2) is 0 Å². The Hall–Kier alpha value is -1.30. The Bertz CT molecular complexity index is 438. The minimum Gasteiger partial charge on any atom is -0.480 e. The zero-order valence-electron chi connectivity index (χ0n) is 12.6. The second kappa shape index (κ2) is 5.48. The first-order chi connectivity index (χ1) is 10.0. The number of rotatable bonds is 4. The average Bonchev–Trinajstić information content (AvgIpc) is 3.23. The maximum absolute atomic E-state index is 12.2. The van der Waals surface area contributed by atoms with Crippen molar-refractivity contribution in [3.8, 4) is 0 Å². The Labute approximate surface area is 125 Å². The summed E-state index contributed by atoms with van der Waals surface area (Å²) in [6.45, 7) is 3.78. The third-order valence-corrected chi connectivity index (χ3v) is 5.38. The van der Waals surface area contributed by atoms with Gasteiger partial charge in [-0.25, -0.2) is 9.59 Å². The molecule has 2 aliphatic heterocycles. The van der Waals surface area contributed by atoms with Crippen LogP contribution in [0.25, 0.3) is 0 Å². The van der Waals surface area contributed by atoms with E-state index >= 15 is 0 Å². The Kier molecular flexibility index (Phi) is 3.82. The number of hydrogen-bond donors (Lipinski definition) is 3. The van der Waals surface area contributed by atoms with Crippen LogP contribution in [0, 0.1) is 5.92 Å². The SMILES string of the molecule is CC(NC(=O)NC1CCN2CCCCC12)(C(=O)O)C1CC1. The maximum Gasteiger partial charge on any atom is 0.329 e. The van der Waals surface area contributed by atoms with Crippen molar-refractivity contribution < 1.29 is 14.7 Å². The lowest BCUT2D eigenvalue weighted by atomic mass is 9.96. The van der Waals surface area contributed by atoms with Crippen molar-refractivity contribution in [3.63, 3.8) is 0 Å². The van der Waals surface area contributed by atoms with E-state index in [9.17, 15) is 14.7 Å². The summed E-state index contributed by atoms with van der Waals surface area (Å²) in [6, 6.07) is 0.258. The van der Waals surface area contributed by atoms with Gasteiger partial charge in [0.2, 0.25) is 0 Å². The van der Waals surface area contributed by atoms with E-state index in [0.29, 0.717) is 6.04 Å². The number of carbonyl (C=O) groups excluding carboxylic acids is 1. The molecule has 2 saturated heterocycles. The molecule has 3 N–H and O–H groups in total. The van der Waals surface area contributed by atoms with E-state index in [1.54, 1.807) is 6.92 Å². The summed E-state index contributed by atoms with van der Waals surface area (Å²) >= 11 is 0. The van der Waals surface area contributed by atoms with E-state index in [1.165, 1.54) is 12.8 Å². The zero-order chi connectivity index (χ0) is 15.0. The lowest BCUT2D eigenvalue weighted by Crippen LogP contribution is -2.59. The van der Waals surface area contributed by atoms with E-state index in [1.807, 2.05) is 0 Å². The summed E-state index contributed by atoms with van der Waals surface area (Å²) in [5, 5.41) is 15.1. The molecule has 0 aromatic heterocycles. The fraction of sp³-hybridized carbons (Fsp3) is 0.867. The molecule has 3 unspecified atom stereocenters. The second-order valence-corrected chi connectivity index (χ2v) is 6.87. The zero-order valence-corrected chi connectivity index (χ0v) is 12.6. The highest BCUT2D eigenvalue weighted by atomic mass is 16.4. The van der Waals surface area contributed by atoms with Gasteiger partial charge in [0.05, 0.1) is 0 Å². The lowest BCUT2D eigenvalue weighted by Gasteiger charge is -2.33. The van der Waals surface area contributed by atoms with Gasteiger partial charge >= 0.3 is 12.0 Å². The number of carbonyl (C=O) groups is 2. The molecule has 0 aromatic rings. The molecule has 1 aliphatic carbocycles. The molecule has 6 heteroatoms. The van der Waals surface area contributed by atoms with Gasteiger partial charge in [0.25, 0.3) is 0 Å². The van der Waals surface area contributed by atoms with E-state index in [-0.39, 0.29) is 18.0 Å². The van der Waals surface area contributed by atoms with Gasteiger partial charge < -0.3 is 15.7 Å². The van der Waals surface area contributed by atoms with Gasteiger partial charge in [-0.05, 0) is 51.5 Å². The Morgan fingerprint density at radius 1 is 1.14 bits per heavy atom. The molecule has 2 heterocycles. The minimum atomic E-state index is -1.13. The molecule has 3 aliphatic rings. The highest BCUT2D eigenvalue weighted by Crippen LogP contribution is 2.39. The number of carboxylic acids is 1. The van der Waals surface area contributed by atoms with Crippen molar-refractivity contribution in [3.05, 3.63) is 0 Å². The number of aliphatic carboxylic acids is 1. The number of amides is 2. The molecule has 2 amide bonds. The third-order valence-electron chi connectivity index (χ3n) is 5.38. The molecule has 3 fully saturated rings. The number of hydrogen-bond acceptors (Lipinski definition) is 3. The van der Waals surface area contributed by atoms with Gasteiger partial charge in [-0.15, -0.1) is 0 Å². The lowest BCUT2D eigenvalue weighted by molar-refractivity contribution is -0.144. The van der Waals surface area contributed by atoms with Crippen LogP contribution in [0.3, 0.4) is 0 Å². The topological polar surface area (TPSA) is 81.7 Å². The van der Waals surface area contributed by atoms with Crippen LogP contribution in [0.4, 0.5) is 4.79 Å². The Morgan fingerprint density at radius 3 is 2.57 bits per heavy atom. The largest absolute Gasteiger partial charge is 0.480 e. The van der Waals surface area contributed by atoms with E-state index in [0.717, 1.165) is 38.8 Å². The molecular formula is C15H25N3O3. The minimum absolute atomic E-state index is 0.0653. The smallest absolute Gasteiger partial charge is 0.329 e. The summed E-state index contributed by atoms with van der Waals surface area (Å²) < 4.78 is 0. The molecule has 3 rings (SSSR count). The molecule has 0 spiro atoms. The highest BCUT2D eigenvalue weighted by molar-refractivity contribution is 5.86.